The van der Waals surface area contributed by atoms with Gasteiger partial charge in [0.1, 0.15) is 0 Å². The van der Waals surface area contributed by atoms with Crippen LogP contribution in [0.5, 0.6) is 0 Å². The number of nitrogens with two attached hydrogens (primary N) is 1. The van der Waals surface area contributed by atoms with Crippen LogP contribution < -0.4 is 5.73 Å². The number of amides is 1. The summed E-state index contributed by atoms with van der Waals surface area (Å²) in [5, 5.41) is 30.9. The standard InChI is InChI=1S/C21H29Br2NO4S/c22-17-11-14(29-21(17)23)9-7-13(25)8-10-16-15(18(26)12-19(16)27)5-3-1-2-4-6-20(24)28/h1,3,8,10-11,13,15-16,18-19,25-27H,2,4-7,9,12H2,(H2,24,28)/t13-,15-,16-,18+,19+/m1/s1. The summed E-state index contributed by atoms with van der Waals surface area (Å²) in [6.45, 7) is 0. The molecule has 1 aliphatic rings. The van der Waals surface area contributed by atoms with Gasteiger partial charge >= 0.3 is 0 Å². The molecule has 0 aliphatic heterocycles. The molecule has 0 radical (unpaired) electrons. The number of unbranched alkanes of at least 4 members (excludes halogenated alkanes) is 1. The second-order valence-electron chi connectivity index (χ2n) is 7.50. The van der Waals surface area contributed by atoms with Crippen molar-refractivity contribution in [1.29, 1.82) is 0 Å². The largest absolute Gasteiger partial charge is 0.393 e. The molecule has 8 heteroatoms. The summed E-state index contributed by atoms with van der Waals surface area (Å²) >= 11 is 8.59. The Balaban J connectivity index is 1.83. The van der Waals surface area contributed by atoms with E-state index >= 15 is 0 Å². The number of aliphatic hydroxyl groups is 3. The van der Waals surface area contributed by atoms with E-state index in [9.17, 15) is 20.1 Å². The van der Waals surface area contributed by atoms with E-state index in [1.54, 1.807) is 17.4 Å². The third kappa shape index (κ3) is 8.26. The van der Waals surface area contributed by atoms with Crippen LogP contribution in [0.25, 0.3) is 0 Å². The number of halogens is 2. The Morgan fingerprint density at radius 2 is 2.07 bits per heavy atom. The Labute approximate surface area is 193 Å². The second kappa shape index (κ2) is 12.4. The molecule has 1 heterocycles. The van der Waals surface area contributed by atoms with Gasteiger partial charge in [-0.3, -0.25) is 4.79 Å². The van der Waals surface area contributed by atoms with Gasteiger partial charge in [0.25, 0.3) is 0 Å². The molecule has 1 amide bonds. The molecule has 1 aromatic heterocycles. The van der Waals surface area contributed by atoms with E-state index in [1.807, 2.05) is 24.3 Å². The highest BCUT2D eigenvalue weighted by molar-refractivity contribution is 9.13. The monoisotopic (exact) mass is 549 g/mol. The van der Waals surface area contributed by atoms with Gasteiger partial charge < -0.3 is 21.1 Å². The minimum atomic E-state index is -0.606. The predicted octanol–water partition coefficient (Wildman–Crippen LogP) is 4.08. The Hall–Kier alpha value is -0.510. The molecule has 1 saturated carbocycles. The highest BCUT2D eigenvalue weighted by atomic mass is 79.9. The third-order valence-electron chi connectivity index (χ3n) is 5.22. The predicted molar refractivity (Wildman–Crippen MR) is 124 cm³/mol. The van der Waals surface area contributed by atoms with Crippen molar-refractivity contribution >= 4 is 49.1 Å². The van der Waals surface area contributed by atoms with Crippen LogP contribution in [-0.4, -0.2) is 39.5 Å². The van der Waals surface area contributed by atoms with Crippen molar-refractivity contribution in [3.8, 4) is 0 Å². The first-order valence-corrected chi connectivity index (χ1v) is 12.3. The zero-order valence-corrected chi connectivity index (χ0v) is 20.2. The van der Waals surface area contributed by atoms with Gasteiger partial charge in [-0.15, -0.1) is 11.3 Å². The smallest absolute Gasteiger partial charge is 0.217 e. The van der Waals surface area contributed by atoms with Crippen molar-refractivity contribution in [3.63, 3.8) is 0 Å². The number of aliphatic hydroxyl groups excluding tert-OH is 3. The van der Waals surface area contributed by atoms with E-state index in [2.05, 4.69) is 31.9 Å². The molecule has 162 valence electrons. The van der Waals surface area contributed by atoms with Crippen LogP contribution in [0.2, 0.25) is 0 Å². The highest BCUT2D eigenvalue weighted by Gasteiger charge is 2.39. The fourth-order valence-electron chi connectivity index (χ4n) is 3.63. The van der Waals surface area contributed by atoms with Gasteiger partial charge in [0.2, 0.25) is 5.91 Å². The fraction of sp³-hybridized carbons (Fsp3) is 0.571. The van der Waals surface area contributed by atoms with E-state index in [1.165, 1.54) is 4.88 Å². The third-order valence-corrected chi connectivity index (χ3v) is 8.54. The van der Waals surface area contributed by atoms with Crippen molar-refractivity contribution in [1.82, 2.24) is 0 Å². The lowest BCUT2D eigenvalue weighted by atomic mass is 9.89. The minimum Gasteiger partial charge on any atom is -0.393 e. The molecule has 0 bridgehead atoms. The maximum atomic E-state index is 10.7. The summed E-state index contributed by atoms with van der Waals surface area (Å²) < 4.78 is 2.07. The molecule has 1 aliphatic carbocycles. The van der Waals surface area contributed by atoms with Gasteiger partial charge in [0.05, 0.1) is 22.1 Å². The van der Waals surface area contributed by atoms with E-state index < -0.39 is 18.3 Å². The quantitative estimate of drug-likeness (QED) is 0.246. The number of allylic oxidation sites excluding steroid dienone is 2. The minimum absolute atomic E-state index is 0.0787. The van der Waals surface area contributed by atoms with Gasteiger partial charge in [-0.1, -0.05) is 24.3 Å². The van der Waals surface area contributed by atoms with Crippen molar-refractivity contribution < 1.29 is 20.1 Å². The van der Waals surface area contributed by atoms with Crippen LogP contribution >= 0.6 is 43.2 Å². The molecule has 5 N–H and O–H groups in total. The van der Waals surface area contributed by atoms with E-state index in [0.717, 1.165) is 21.1 Å². The van der Waals surface area contributed by atoms with Crippen molar-refractivity contribution in [2.45, 2.75) is 63.3 Å². The van der Waals surface area contributed by atoms with Crippen LogP contribution in [0.1, 0.15) is 43.4 Å². The average Bonchev–Trinajstić information content (AvgIpc) is 3.11. The number of hydrogen-bond donors (Lipinski definition) is 4. The Kier molecular flexibility index (Phi) is 10.6. The molecule has 0 saturated heterocycles. The summed E-state index contributed by atoms with van der Waals surface area (Å²) in [6.07, 6.45) is 10.1. The number of carbonyl (C=O) groups is 1. The summed E-state index contributed by atoms with van der Waals surface area (Å²) in [4.78, 5) is 11.9. The van der Waals surface area contributed by atoms with Gasteiger partial charge in [0.15, 0.2) is 0 Å². The van der Waals surface area contributed by atoms with E-state index in [0.29, 0.717) is 32.1 Å². The normalized spacial score (nSPS) is 26.0. The maximum absolute atomic E-state index is 10.7. The number of aryl methyl sites for hydroxylation is 1. The molecule has 1 aromatic rings. The zero-order chi connectivity index (χ0) is 21.4. The van der Waals surface area contributed by atoms with Gasteiger partial charge in [-0.05, 0) is 75.9 Å². The number of hydrogen-bond acceptors (Lipinski definition) is 5. The average molecular weight is 551 g/mol. The Bertz CT molecular complexity index is 702. The maximum Gasteiger partial charge on any atom is 0.217 e. The number of rotatable bonds is 11. The first-order valence-electron chi connectivity index (χ1n) is 9.87. The number of carbonyl (C=O) groups excluding carboxylic acids is 1. The van der Waals surface area contributed by atoms with Crippen LogP contribution in [0.4, 0.5) is 0 Å². The zero-order valence-electron chi connectivity index (χ0n) is 16.2. The Morgan fingerprint density at radius 3 is 2.72 bits per heavy atom. The molecule has 1 fully saturated rings. The molecule has 5 atom stereocenters. The van der Waals surface area contributed by atoms with Crippen LogP contribution in [0.3, 0.4) is 0 Å². The molecule has 29 heavy (non-hydrogen) atoms. The van der Waals surface area contributed by atoms with Crippen LogP contribution in [0, 0.1) is 11.8 Å². The first kappa shape index (κ1) is 24.8. The molecule has 0 unspecified atom stereocenters. The number of thiophene rings is 1. The molecule has 0 aromatic carbocycles. The Morgan fingerprint density at radius 1 is 1.31 bits per heavy atom. The van der Waals surface area contributed by atoms with E-state index in [-0.39, 0.29) is 17.7 Å². The lowest BCUT2D eigenvalue weighted by molar-refractivity contribution is -0.118. The topological polar surface area (TPSA) is 104 Å². The highest BCUT2D eigenvalue weighted by Crippen LogP contribution is 2.36. The first-order chi connectivity index (χ1) is 13.8. The molecule has 0 spiro atoms. The summed E-state index contributed by atoms with van der Waals surface area (Å²) in [7, 11) is 0. The molecular formula is C21H29Br2NO4S. The van der Waals surface area contributed by atoms with Gasteiger partial charge in [0, 0.05) is 28.1 Å². The summed E-state index contributed by atoms with van der Waals surface area (Å²) in [6, 6.07) is 2.05. The lowest BCUT2D eigenvalue weighted by Gasteiger charge is -2.19. The molecule has 5 nitrogen and oxygen atoms in total. The fourth-order valence-corrected chi connectivity index (χ4v) is 5.82. The van der Waals surface area contributed by atoms with Gasteiger partial charge in [-0.2, -0.15) is 0 Å². The van der Waals surface area contributed by atoms with Crippen molar-refractivity contribution in [2.24, 2.45) is 17.6 Å². The second-order valence-corrected chi connectivity index (χ2v) is 10.8. The molecule has 2 rings (SSSR count). The van der Waals surface area contributed by atoms with Crippen LogP contribution in [0.15, 0.2) is 38.6 Å². The van der Waals surface area contributed by atoms with E-state index in [4.69, 9.17) is 5.73 Å². The number of primary amides is 1. The summed E-state index contributed by atoms with van der Waals surface area (Å²) in [5.74, 6) is -0.555. The SMILES string of the molecule is NC(=O)CCCC=CC[C@@H]1[C@@H](C=C[C@H](O)CCc2cc(Br)c(Br)s2)[C@@H](O)C[C@@H]1O. The lowest BCUT2D eigenvalue weighted by Crippen LogP contribution is -2.20. The van der Waals surface area contributed by atoms with Crippen molar-refractivity contribution in [2.75, 3.05) is 0 Å². The molecular weight excluding hydrogens is 522 g/mol. The van der Waals surface area contributed by atoms with Gasteiger partial charge in [-0.25, -0.2) is 0 Å². The van der Waals surface area contributed by atoms with Crippen LogP contribution in [-0.2, 0) is 11.2 Å². The van der Waals surface area contributed by atoms with Crippen molar-refractivity contribution in [3.05, 3.63) is 43.5 Å². The summed E-state index contributed by atoms with van der Waals surface area (Å²) in [5.41, 5.74) is 5.12.